The van der Waals surface area contributed by atoms with Gasteiger partial charge in [0.2, 0.25) is 0 Å². The normalized spacial score (nSPS) is 10.0. The molecule has 4 nitrogen and oxygen atoms in total. The number of carbonyl (C=O) groups is 1. The van der Waals surface area contributed by atoms with Crippen molar-refractivity contribution in [2.45, 2.75) is 6.92 Å². The van der Waals surface area contributed by atoms with Gasteiger partial charge in [-0.3, -0.25) is 0 Å². The van der Waals surface area contributed by atoms with E-state index in [0.29, 0.717) is 17.7 Å². The molecule has 0 aromatic heterocycles. The predicted molar refractivity (Wildman–Crippen MR) is 69.3 cm³/mol. The first-order valence-corrected chi connectivity index (χ1v) is 5.83. The van der Waals surface area contributed by atoms with Crippen LogP contribution in [-0.2, 0) is 0 Å². The summed E-state index contributed by atoms with van der Waals surface area (Å²) in [6.45, 7) is 1.65. The Labute approximate surface area is 118 Å². The number of aryl methyl sites for hydroxylation is 1. The molecule has 2 aromatic carbocycles. The maximum absolute atomic E-state index is 13.8. The molecule has 21 heavy (non-hydrogen) atoms. The summed E-state index contributed by atoms with van der Waals surface area (Å²) in [5.41, 5.74) is 0.341. The molecule has 0 heterocycles. The molecule has 0 atom stereocenters. The second-order valence-electron chi connectivity index (χ2n) is 4.27. The van der Waals surface area contributed by atoms with E-state index in [9.17, 15) is 13.6 Å². The van der Waals surface area contributed by atoms with E-state index in [4.69, 9.17) is 15.1 Å². The number of ether oxygens (including phenoxy) is 1. The first-order chi connectivity index (χ1) is 9.92. The van der Waals surface area contributed by atoms with Crippen molar-refractivity contribution in [2.24, 2.45) is 0 Å². The summed E-state index contributed by atoms with van der Waals surface area (Å²) in [4.78, 5) is 10.7. The van der Waals surface area contributed by atoms with Crippen LogP contribution in [0.25, 0.3) is 0 Å². The molecule has 0 amide bonds. The van der Waals surface area contributed by atoms with Gasteiger partial charge in [0.05, 0.1) is 17.2 Å². The van der Waals surface area contributed by atoms with Gasteiger partial charge in [0.15, 0.2) is 17.4 Å². The third-order valence-corrected chi connectivity index (χ3v) is 2.77. The Bertz CT molecular complexity index is 743. The van der Waals surface area contributed by atoms with Gasteiger partial charge < -0.3 is 9.84 Å². The molecular formula is C15H9F2NO3. The number of rotatable bonds is 3. The van der Waals surface area contributed by atoms with E-state index in [1.807, 2.05) is 6.07 Å². The molecule has 0 aliphatic rings. The van der Waals surface area contributed by atoms with Crippen molar-refractivity contribution >= 4 is 5.97 Å². The maximum atomic E-state index is 13.8. The topological polar surface area (TPSA) is 70.3 Å². The quantitative estimate of drug-likeness (QED) is 0.936. The van der Waals surface area contributed by atoms with E-state index in [2.05, 4.69) is 0 Å². The van der Waals surface area contributed by atoms with Crippen molar-refractivity contribution in [1.82, 2.24) is 0 Å². The van der Waals surface area contributed by atoms with Crippen molar-refractivity contribution in [3.8, 4) is 17.6 Å². The molecule has 0 radical (unpaired) electrons. The van der Waals surface area contributed by atoms with Crippen LogP contribution in [0.3, 0.4) is 0 Å². The van der Waals surface area contributed by atoms with Crippen molar-refractivity contribution in [1.29, 1.82) is 5.26 Å². The Morgan fingerprint density at radius 3 is 2.38 bits per heavy atom. The molecule has 0 spiro atoms. The van der Waals surface area contributed by atoms with Gasteiger partial charge in [0, 0.05) is 0 Å². The number of aromatic carboxylic acids is 1. The first kappa shape index (κ1) is 14.5. The van der Waals surface area contributed by atoms with Crippen LogP contribution in [0.15, 0.2) is 30.3 Å². The minimum Gasteiger partial charge on any atom is -0.478 e. The number of nitrogens with zero attached hydrogens (tertiary/aromatic N) is 1. The molecule has 0 saturated heterocycles. The molecule has 106 valence electrons. The highest BCUT2D eigenvalue weighted by Gasteiger charge is 2.17. The van der Waals surface area contributed by atoms with Crippen molar-refractivity contribution in [2.75, 3.05) is 0 Å². The zero-order chi connectivity index (χ0) is 15.6. The second-order valence-corrected chi connectivity index (χ2v) is 4.27. The largest absolute Gasteiger partial charge is 0.478 e. The molecule has 0 aliphatic carbocycles. The summed E-state index contributed by atoms with van der Waals surface area (Å²) in [6.07, 6.45) is 0. The number of carboxylic acids is 1. The van der Waals surface area contributed by atoms with Gasteiger partial charge >= 0.3 is 5.97 Å². The number of nitriles is 1. The molecule has 2 rings (SSSR count). The van der Waals surface area contributed by atoms with Crippen LogP contribution < -0.4 is 4.74 Å². The summed E-state index contributed by atoms with van der Waals surface area (Å²) in [7, 11) is 0. The molecule has 0 fully saturated rings. The van der Waals surface area contributed by atoms with Crippen LogP contribution in [0, 0.1) is 29.9 Å². The second kappa shape index (κ2) is 5.59. The van der Waals surface area contributed by atoms with Crippen LogP contribution in [0.4, 0.5) is 8.78 Å². The SMILES string of the molecule is Cc1ccc(C#N)cc1Oc1c(F)cc(C(=O)O)cc1F. The Morgan fingerprint density at radius 2 is 1.86 bits per heavy atom. The number of halogens is 2. The number of carboxylic acid groups (broad SMARTS) is 1. The highest BCUT2D eigenvalue weighted by Crippen LogP contribution is 2.31. The van der Waals surface area contributed by atoms with Crippen LogP contribution >= 0.6 is 0 Å². The lowest BCUT2D eigenvalue weighted by Crippen LogP contribution is -2.01. The molecule has 0 aliphatic heterocycles. The van der Waals surface area contributed by atoms with Crippen LogP contribution in [0.1, 0.15) is 21.5 Å². The lowest BCUT2D eigenvalue weighted by atomic mass is 10.1. The Hall–Kier alpha value is -2.94. The number of hydrogen-bond donors (Lipinski definition) is 1. The van der Waals surface area contributed by atoms with Gasteiger partial charge in [-0.05, 0) is 36.8 Å². The fourth-order valence-electron chi connectivity index (χ4n) is 1.67. The first-order valence-electron chi connectivity index (χ1n) is 5.83. The zero-order valence-corrected chi connectivity index (χ0v) is 10.9. The molecule has 0 bridgehead atoms. The average Bonchev–Trinajstić information content (AvgIpc) is 2.44. The van der Waals surface area contributed by atoms with E-state index >= 15 is 0 Å². The zero-order valence-electron chi connectivity index (χ0n) is 10.9. The fraction of sp³-hybridized carbons (Fsp3) is 0.0667. The molecular weight excluding hydrogens is 280 g/mol. The van der Waals surface area contributed by atoms with E-state index < -0.39 is 28.9 Å². The molecule has 0 saturated carbocycles. The third kappa shape index (κ3) is 2.98. The Balaban J connectivity index is 2.45. The van der Waals surface area contributed by atoms with Crippen molar-refractivity contribution in [3.05, 3.63) is 58.7 Å². The van der Waals surface area contributed by atoms with Gasteiger partial charge in [0.1, 0.15) is 5.75 Å². The molecule has 1 N–H and O–H groups in total. The van der Waals surface area contributed by atoms with Gasteiger partial charge in [-0.25, -0.2) is 13.6 Å². The Kier molecular flexibility index (Phi) is 3.85. The number of benzene rings is 2. The van der Waals surface area contributed by atoms with E-state index in [0.717, 1.165) is 0 Å². The van der Waals surface area contributed by atoms with Crippen molar-refractivity contribution in [3.63, 3.8) is 0 Å². The van der Waals surface area contributed by atoms with Gasteiger partial charge in [-0.1, -0.05) is 6.07 Å². The lowest BCUT2D eigenvalue weighted by Gasteiger charge is -2.11. The minimum atomic E-state index is -1.44. The fourth-order valence-corrected chi connectivity index (χ4v) is 1.67. The highest BCUT2D eigenvalue weighted by atomic mass is 19.1. The molecule has 6 heteroatoms. The smallest absolute Gasteiger partial charge is 0.335 e. The van der Waals surface area contributed by atoms with Crippen LogP contribution in [0.5, 0.6) is 11.5 Å². The van der Waals surface area contributed by atoms with Gasteiger partial charge in [-0.15, -0.1) is 0 Å². The lowest BCUT2D eigenvalue weighted by molar-refractivity contribution is 0.0695. The standard InChI is InChI=1S/C15H9F2NO3/c1-8-2-3-9(7-18)4-13(8)21-14-11(16)5-10(15(19)20)6-12(14)17/h2-6H,1H3,(H,19,20). The highest BCUT2D eigenvalue weighted by molar-refractivity contribution is 5.87. The van der Waals surface area contributed by atoms with Crippen LogP contribution in [-0.4, -0.2) is 11.1 Å². The van der Waals surface area contributed by atoms with E-state index in [1.54, 1.807) is 19.1 Å². The van der Waals surface area contributed by atoms with Gasteiger partial charge in [0.25, 0.3) is 0 Å². The van der Waals surface area contributed by atoms with Gasteiger partial charge in [-0.2, -0.15) is 5.26 Å². The predicted octanol–water partition coefficient (Wildman–Crippen LogP) is 3.64. The van der Waals surface area contributed by atoms with E-state index in [1.165, 1.54) is 6.07 Å². The minimum absolute atomic E-state index is 0.120. The Morgan fingerprint density at radius 1 is 1.24 bits per heavy atom. The van der Waals surface area contributed by atoms with E-state index in [-0.39, 0.29) is 11.3 Å². The summed E-state index contributed by atoms with van der Waals surface area (Å²) in [6, 6.07) is 7.70. The van der Waals surface area contributed by atoms with Crippen molar-refractivity contribution < 1.29 is 23.4 Å². The monoisotopic (exact) mass is 289 g/mol. The van der Waals surface area contributed by atoms with Crippen LogP contribution in [0.2, 0.25) is 0 Å². The summed E-state index contributed by atoms with van der Waals surface area (Å²) >= 11 is 0. The maximum Gasteiger partial charge on any atom is 0.335 e. The summed E-state index contributed by atoms with van der Waals surface area (Å²) < 4.78 is 32.7. The third-order valence-electron chi connectivity index (χ3n) is 2.77. The number of hydrogen-bond acceptors (Lipinski definition) is 3. The average molecular weight is 289 g/mol. The molecule has 2 aromatic rings. The summed E-state index contributed by atoms with van der Waals surface area (Å²) in [5, 5.41) is 17.5. The summed E-state index contributed by atoms with van der Waals surface area (Å²) in [5.74, 6) is -4.29. The molecule has 0 unspecified atom stereocenters.